The Hall–Kier alpha value is -3.85. The van der Waals surface area contributed by atoms with Crippen LogP contribution in [0.25, 0.3) is 10.9 Å². The largest absolute Gasteiger partial charge is 0.467 e. The minimum absolute atomic E-state index is 0.113. The molecule has 1 heterocycles. The van der Waals surface area contributed by atoms with E-state index in [0.29, 0.717) is 0 Å². The number of hydrogen-bond acceptors (Lipinski definition) is 6. The molecule has 2 amide bonds. The maximum absolute atomic E-state index is 12.5. The lowest BCUT2D eigenvalue weighted by Crippen LogP contribution is -2.50. The van der Waals surface area contributed by atoms with Gasteiger partial charge in [0.1, 0.15) is 12.6 Å². The van der Waals surface area contributed by atoms with Crippen molar-refractivity contribution >= 4 is 28.9 Å². The molecule has 1 atom stereocenters. The smallest absolute Gasteiger partial charge is 0.422 e. The first-order chi connectivity index (χ1) is 15.5. The van der Waals surface area contributed by atoms with Crippen molar-refractivity contribution in [3.63, 3.8) is 0 Å². The Bertz CT molecular complexity index is 1070. The number of rotatable bonds is 9. The van der Waals surface area contributed by atoms with Crippen LogP contribution in [0.2, 0.25) is 0 Å². The number of methoxy groups -OCH3 is 1. The maximum Gasteiger partial charge on any atom is 0.422 e. The number of para-hydroxylation sites is 1. The number of ether oxygens (including phenoxy) is 2. The van der Waals surface area contributed by atoms with E-state index in [9.17, 15) is 14.4 Å². The third-order valence-electron chi connectivity index (χ3n) is 4.80. The van der Waals surface area contributed by atoms with Crippen LogP contribution in [0.1, 0.15) is 11.1 Å². The molecule has 9 nitrogen and oxygen atoms in total. The zero-order chi connectivity index (χ0) is 22.9. The Labute approximate surface area is 185 Å². The monoisotopic (exact) mass is 438 g/mol. The highest BCUT2D eigenvalue weighted by Gasteiger charge is 2.24. The van der Waals surface area contributed by atoms with Crippen LogP contribution in [-0.2, 0) is 32.1 Å². The van der Waals surface area contributed by atoms with Crippen LogP contribution in [-0.4, -0.2) is 54.7 Å². The van der Waals surface area contributed by atoms with Gasteiger partial charge in [0.2, 0.25) is 5.91 Å². The van der Waals surface area contributed by atoms with E-state index in [1.165, 1.54) is 19.2 Å². The summed E-state index contributed by atoms with van der Waals surface area (Å²) in [5, 5.41) is 4.92. The molecule has 168 valence electrons. The number of nitrogens with one attached hydrogen (secondary N) is 3. The molecule has 2 aromatic carbocycles. The maximum atomic E-state index is 12.5. The van der Waals surface area contributed by atoms with Crippen LogP contribution in [0, 0.1) is 0 Å². The molecule has 0 unspecified atom stereocenters. The highest BCUT2D eigenvalue weighted by molar-refractivity contribution is 5.88. The van der Waals surface area contributed by atoms with Crippen molar-refractivity contribution in [2.24, 2.45) is 0 Å². The predicted octanol–water partition coefficient (Wildman–Crippen LogP) is 2.14. The Balaban J connectivity index is 1.52. The van der Waals surface area contributed by atoms with Gasteiger partial charge in [0.25, 0.3) is 0 Å². The fourth-order valence-corrected chi connectivity index (χ4v) is 3.26. The molecule has 0 saturated carbocycles. The zero-order valence-electron chi connectivity index (χ0n) is 18.0. The average Bonchev–Trinajstić information content (AvgIpc) is 3.20. The molecule has 0 saturated heterocycles. The highest BCUT2D eigenvalue weighted by Crippen LogP contribution is 2.19. The molecule has 0 aliphatic rings. The molecule has 32 heavy (non-hydrogen) atoms. The van der Waals surface area contributed by atoms with E-state index in [0.717, 1.165) is 22.0 Å². The fraction of sp³-hybridized carbons (Fsp3) is 0.261. The number of hydrogen-bond donors (Lipinski definition) is 3. The van der Waals surface area contributed by atoms with E-state index >= 15 is 0 Å². The van der Waals surface area contributed by atoms with Crippen molar-refractivity contribution in [3.8, 4) is 0 Å². The molecule has 0 aliphatic heterocycles. The van der Waals surface area contributed by atoms with Gasteiger partial charge in [0.15, 0.2) is 0 Å². The molecule has 0 bridgehead atoms. The summed E-state index contributed by atoms with van der Waals surface area (Å²) >= 11 is 0. The molecule has 3 rings (SSSR count). The number of amides is 2. The summed E-state index contributed by atoms with van der Waals surface area (Å²) in [5.41, 5.74) is 5.13. The van der Waals surface area contributed by atoms with Crippen LogP contribution in [0.15, 0.2) is 60.8 Å². The Morgan fingerprint density at radius 2 is 1.78 bits per heavy atom. The summed E-state index contributed by atoms with van der Waals surface area (Å²) in [5.74, 6) is -1.01. The standard InChI is InChI=1S/C23H26N4O5/c1-27(26-23(30)32-15-16-8-4-3-5-9-16)14-21(28)25-20(22(29)31-2)12-17-13-24-19-11-7-6-10-18(17)19/h3-11,13,20,24H,12,14-15H2,1-2H3,(H,25,28)(H,26,30)/t20-/m0/s1. The van der Waals surface area contributed by atoms with Gasteiger partial charge in [-0.15, -0.1) is 0 Å². The first kappa shape index (κ1) is 22.8. The molecule has 0 spiro atoms. The second kappa shape index (κ2) is 11.0. The third kappa shape index (κ3) is 6.32. The number of esters is 1. The summed E-state index contributed by atoms with van der Waals surface area (Å²) in [6, 6.07) is 16.1. The first-order valence-electron chi connectivity index (χ1n) is 10.1. The number of aromatic amines is 1. The second-order valence-corrected chi connectivity index (χ2v) is 7.24. The van der Waals surface area contributed by atoms with E-state index in [4.69, 9.17) is 9.47 Å². The van der Waals surface area contributed by atoms with Gasteiger partial charge in [-0.1, -0.05) is 48.5 Å². The number of carbonyl (C=O) groups excluding carboxylic acids is 3. The lowest BCUT2D eigenvalue weighted by molar-refractivity contribution is -0.145. The van der Waals surface area contributed by atoms with Gasteiger partial charge in [0.05, 0.1) is 13.7 Å². The topological polar surface area (TPSA) is 113 Å². The number of aromatic nitrogens is 1. The van der Waals surface area contributed by atoms with Gasteiger partial charge in [-0.2, -0.15) is 0 Å². The number of H-pyrrole nitrogens is 1. The molecule has 0 fully saturated rings. The number of hydrazine groups is 1. The first-order valence-corrected chi connectivity index (χ1v) is 10.1. The number of fused-ring (bicyclic) bond motifs is 1. The number of nitrogens with zero attached hydrogens (tertiary/aromatic N) is 1. The van der Waals surface area contributed by atoms with E-state index in [2.05, 4.69) is 15.7 Å². The molecule has 0 radical (unpaired) electrons. The van der Waals surface area contributed by atoms with Gasteiger partial charge < -0.3 is 19.8 Å². The van der Waals surface area contributed by atoms with Crippen LogP contribution in [0.4, 0.5) is 4.79 Å². The Morgan fingerprint density at radius 3 is 2.53 bits per heavy atom. The van der Waals surface area contributed by atoms with E-state index in [1.54, 1.807) is 0 Å². The molecule has 3 N–H and O–H groups in total. The zero-order valence-corrected chi connectivity index (χ0v) is 18.0. The van der Waals surface area contributed by atoms with E-state index in [-0.39, 0.29) is 19.6 Å². The highest BCUT2D eigenvalue weighted by atomic mass is 16.6. The third-order valence-corrected chi connectivity index (χ3v) is 4.80. The minimum Gasteiger partial charge on any atom is -0.467 e. The molecule has 0 aliphatic carbocycles. The summed E-state index contributed by atoms with van der Waals surface area (Å²) in [7, 11) is 2.79. The van der Waals surface area contributed by atoms with Crippen molar-refractivity contribution in [2.45, 2.75) is 19.1 Å². The number of carbonyl (C=O) groups is 3. The normalized spacial score (nSPS) is 11.7. The van der Waals surface area contributed by atoms with Gasteiger partial charge >= 0.3 is 12.1 Å². The van der Waals surface area contributed by atoms with Crippen molar-refractivity contribution in [1.82, 2.24) is 20.7 Å². The fourth-order valence-electron chi connectivity index (χ4n) is 3.26. The van der Waals surface area contributed by atoms with Crippen molar-refractivity contribution in [3.05, 3.63) is 71.9 Å². The summed E-state index contributed by atoms with van der Waals surface area (Å²) in [6.07, 6.45) is 1.38. The van der Waals surface area contributed by atoms with E-state index in [1.807, 2.05) is 60.8 Å². The molecule has 3 aromatic rings. The van der Waals surface area contributed by atoms with Crippen LogP contribution < -0.4 is 10.7 Å². The molecule has 9 heteroatoms. The summed E-state index contributed by atoms with van der Waals surface area (Å²) in [4.78, 5) is 39.8. The number of benzene rings is 2. The molecule has 1 aromatic heterocycles. The van der Waals surface area contributed by atoms with Gasteiger partial charge in [-0.25, -0.2) is 14.6 Å². The van der Waals surface area contributed by atoms with Crippen LogP contribution >= 0.6 is 0 Å². The van der Waals surface area contributed by atoms with Crippen LogP contribution in [0.5, 0.6) is 0 Å². The lowest BCUT2D eigenvalue weighted by Gasteiger charge is -2.20. The van der Waals surface area contributed by atoms with Crippen molar-refractivity contribution in [1.29, 1.82) is 0 Å². The Kier molecular flexibility index (Phi) is 7.82. The van der Waals surface area contributed by atoms with Gasteiger partial charge in [-0.3, -0.25) is 10.2 Å². The number of likely N-dealkylation sites (N-methyl/N-ethyl adjacent to an activating group) is 1. The predicted molar refractivity (Wildman–Crippen MR) is 118 cm³/mol. The van der Waals surface area contributed by atoms with Crippen LogP contribution in [0.3, 0.4) is 0 Å². The van der Waals surface area contributed by atoms with Crippen molar-refractivity contribution in [2.75, 3.05) is 20.7 Å². The molecular weight excluding hydrogens is 412 g/mol. The molecular formula is C23H26N4O5. The second-order valence-electron chi connectivity index (χ2n) is 7.24. The Morgan fingerprint density at radius 1 is 1.06 bits per heavy atom. The van der Waals surface area contributed by atoms with Crippen molar-refractivity contribution < 1.29 is 23.9 Å². The van der Waals surface area contributed by atoms with E-state index < -0.39 is 24.0 Å². The minimum atomic E-state index is -0.870. The SMILES string of the molecule is COC(=O)[C@H](Cc1c[nH]c2ccccc12)NC(=O)CN(C)NC(=O)OCc1ccccc1. The quantitative estimate of drug-likeness (QED) is 0.349. The van der Waals surface area contributed by atoms with Gasteiger partial charge in [-0.05, 0) is 17.2 Å². The lowest BCUT2D eigenvalue weighted by atomic mass is 10.0. The summed E-state index contributed by atoms with van der Waals surface area (Å²) in [6.45, 7) is -0.0659. The summed E-state index contributed by atoms with van der Waals surface area (Å²) < 4.78 is 9.98. The van der Waals surface area contributed by atoms with Gasteiger partial charge in [0, 0.05) is 30.6 Å². The average molecular weight is 438 g/mol.